The van der Waals surface area contributed by atoms with Crippen LogP contribution >= 0.6 is 11.6 Å². The zero-order chi connectivity index (χ0) is 15.4. The summed E-state index contributed by atoms with van der Waals surface area (Å²) >= 11 is 5.77. The Labute approximate surface area is 124 Å². The fourth-order valence-corrected chi connectivity index (χ4v) is 1.66. The summed E-state index contributed by atoms with van der Waals surface area (Å²) in [6.45, 7) is 1.69. The lowest BCUT2D eigenvalue weighted by atomic mass is 10.1. The van der Waals surface area contributed by atoms with Crippen LogP contribution < -0.4 is 5.43 Å². The molecule has 0 saturated heterocycles. The Bertz CT molecular complexity index is 708. The molecule has 0 saturated carbocycles. The Balaban J connectivity index is 2.12. The number of nitrogens with zero attached hydrogens (tertiary/aromatic N) is 3. The molecule has 0 aliphatic heterocycles. The van der Waals surface area contributed by atoms with Gasteiger partial charge < -0.3 is 0 Å². The van der Waals surface area contributed by atoms with E-state index in [1.807, 2.05) is 0 Å². The van der Waals surface area contributed by atoms with E-state index in [4.69, 9.17) is 11.6 Å². The normalized spacial score (nSPS) is 11.2. The number of nitro groups is 1. The topological polar surface area (TPSA) is 113 Å². The number of carbonyl (C=O) groups is 1. The number of benzene rings is 1. The van der Waals surface area contributed by atoms with Gasteiger partial charge in [-0.05, 0) is 24.6 Å². The first-order valence-electron chi connectivity index (χ1n) is 5.77. The van der Waals surface area contributed by atoms with Gasteiger partial charge in [0.25, 0.3) is 5.91 Å². The lowest BCUT2D eigenvalue weighted by Crippen LogP contribution is -2.20. The minimum atomic E-state index is -0.743. The van der Waals surface area contributed by atoms with Crippen LogP contribution in [0.15, 0.2) is 35.6 Å². The molecule has 0 fully saturated rings. The molecule has 1 aromatic carbocycles. The number of H-pyrrole nitrogens is 1. The third-order valence-electron chi connectivity index (χ3n) is 2.63. The number of halogens is 1. The van der Waals surface area contributed by atoms with E-state index in [9.17, 15) is 14.9 Å². The standard InChI is InChI=1S/C12H10ClN5O3/c1-7(8-2-4-9(13)5-3-8)15-17-12(19)11-10(18(20)21)6-14-16-11/h2-6H,1H3,(H,14,16)(H,17,19)/b15-7+. The van der Waals surface area contributed by atoms with Crippen LogP contribution in [0.4, 0.5) is 5.69 Å². The lowest BCUT2D eigenvalue weighted by molar-refractivity contribution is -0.385. The number of aromatic nitrogens is 2. The second-order valence-corrected chi connectivity index (χ2v) is 4.47. The molecule has 1 aromatic heterocycles. The first-order valence-corrected chi connectivity index (χ1v) is 6.15. The number of hydrazone groups is 1. The van der Waals surface area contributed by atoms with Crippen molar-refractivity contribution in [2.45, 2.75) is 6.92 Å². The highest BCUT2D eigenvalue weighted by atomic mass is 35.5. The third kappa shape index (κ3) is 3.42. The number of rotatable bonds is 4. The van der Waals surface area contributed by atoms with E-state index >= 15 is 0 Å². The van der Waals surface area contributed by atoms with Gasteiger partial charge in [0.1, 0.15) is 6.20 Å². The van der Waals surface area contributed by atoms with Crippen molar-refractivity contribution in [1.29, 1.82) is 0 Å². The smallest absolute Gasteiger partial charge is 0.267 e. The van der Waals surface area contributed by atoms with Crippen LogP contribution in [0.2, 0.25) is 5.02 Å². The molecule has 2 N–H and O–H groups in total. The van der Waals surface area contributed by atoms with E-state index in [2.05, 4.69) is 20.7 Å². The van der Waals surface area contributed by atoms with E-state index in [0.717, 1.165) is 11.8 Å². The fourth-order valence-electron chi connectivity index (χ4n) is 1.53. The van der Waals surface area contributed by atoms with Crippen LogP contribution in [0.5, 0.6) is 0 Å². The summed E-state index contributed by atoms with van der Waals surface area (Å²) in [5.74, 6) is -0.743. The Morgan fingerprint density at radius 1 is 1.43 bits per heavy atom. The number of carbonyl (C=O) groups excluding carboxylic acids is 1. The molecular weight excluding hydrogens is 298 g/mol. The van der Waals surface area contributed by atoms with Crippen molar-refractivity contribution >= 4 is 28.9 Å². The van der Waals surface area contributed by atoms with Gasteiger partial charge in [-0.1, -0.05) is 23.7 Å². The van der Waals surface area contributed by atoms with E-state index < -0.39 is 16.5 Å². The first kappa shape index (κ1) is 14.7. The summed E-state index contributed by atoms with van der Waals surface area (Å²) in [6, 6.07) is 6.87. The maximum Gasteiger partial charge on any atom is 0.319 e. The Morgan fingerprint density at radius 2 is 2.10 bits per heavy atom. The molecule has 0 unspecified atom stereocenters. The van der Waals surface area contributed by atoms with E-state index in [0.29, 0.717) is 10.7 Å². The van der Waals surface area contributed by atoms with Crippen molar-refractivity contribution in [3.8, 4) is 0 Å². The second-order valence-electron chi connectivity index (χ2n) is 4.03. The van der Waals surface area contributed by atoms with Crippen LogP contribution in [0.1, 0.15) is 23.0 Å². The fraction of sp³-hybridized carbons (Fsp3) is 0.0833. The highest BCUT2D eigenvalue weighted by Crippen LogP contribution is 2.14. The Morgan fingerprint density at radius 3 is 2.71 bits per heavy atom. The minimum absolute atomic E-state index is 0.257. The number of amides is 1. The van der Waals surface area contributed by atoms with Crippen LogP contribution in [-0.4, -0.2) is 26.7 Å². The second kappa shape index (κ2) is 6.14. The molecule has 0 aliphatic carbocycles. The van der Waals surface area contributed by atoms with Crippen molar-refractivity contribution in [3.05, 3.63) is 56.9 Å². The maximum absolute atomic E-state index is 11.8. The Hall–Kier alpha value is -2.74. The van der Waals surface area contributed by atoms with Crippen LogP contribution in [0.3, 0.4) is 0 Å². The zero-order valence-electron chi connectivity index (χ0n) is 10.8. The number of hydrogen-bond donors (Lipinski definition) is 2. The van der Waals surface area contributed by atoms with Crippen molar-refractivity contribution in [2.75, 3.05) is 0 Å². The molecule has 2 aromatic rings. The maximum atomic E-state index is 11.8. The average molecular weight is 308 g/mol. The molecule has 2 rings (SSSR count). The summed E-state index contributed by atoms with van der Waals surface area (Å²) in [7, 11) is 0. The van der Waals surface area contributed by atoms with Gasteiger partial charge >= 0.3 is 5.69 Å². The highest BCUT2D eigenvalue weighted by molar-refractivity contribution is 6.30. The van der Waals surface area contributed by atoms with E-state index in [-0.39, 0.29) is 5.69 Å². The van der Waals surface area contributed by atoms with Gasteiger partial charge in [-0.3, -0.25) is 20.0 Å². The molecule has 21 heavy (non-hydrogen) atoms. The van der Waals surface area contributed by atoms with Crippen LogP contribution in [0, 0.1) is 10.1 Å². The molecule has 1 heterocycles. The van der Waals surface area contributed by atoms with Crippen molar-refractivity contribution < 1.29 is 9.72 Å². The van der Waals surface area contributed by atoms with Gasteiger partial charge in [0.05, 0.1) is 10.6 Å². The van der Waals surface area contributed by atoms with E-state index in [1.54, 1.807) is 31.2 Å². The lowest BCUT2D eigenvalue weighted by Gasteiger charge is -2.02. The average Bonchev–Trinajstić information content (AvgIpc) is 2.95. The molecule has 9 heteroatoms. The molecular formula is C12H10ClN5O3. The van der Waals surface area contributed by atoms with Crippen LogP contribution in [-0.2, 0) is 0 Å². The molecule has 8 nitrogen and oxygen atoms in total. The van der Waals surface area contributed by atoms with Gasteiger partial charge in [-0.25, -0.2) is 5.43 Å². The highest BCUT2D eigenvalue weighted by Gasteiger charge is 2.22. The quantitative estimate of drug-likeness (QED) is 0.511. The number of aromatic amines is 1. The number of nitrogens with one attached hydrogen (secondary N) is 2. The van der Waals surface area contributed by atoms with Gasteiger partial charge in [-0.2, -0.15) is 10.2 Å². The molecule has 1 amide bonds. The molecule has 0 spiro atoms. The SMILES string of the molecule is C/C(=N\NC(=O)c1[nH]ncc1[N+](=O)[O-])c1ccc(Cl)cc1. The summed E-state index contributed by atoms with van der Waals surface area (Å²) in [5, 5.41) is 20.9. The van der Waals surface area contributed by atoms with Crippen molar-refractivity contribution in [2.24, 2.45) is 5.10 Å². The number of hydrogen-bond acceptors (Lipinski definition) is 5. The monoisotopic (exact) mass is 307 g/mol. The van der Waals surface area contributed by atoms with Crippen molar-refractivity contribution in [1.82, 2.24) is 15.6 Å². The Kier molecular flexibility index (Phi) is 4.29. The summed E-state index contributed by atoms with van der Waals surface area (Å²) < 4.78 is 0. The van der Waals surface area contributed by atoms with Gasteiger partial charge in [0.15, 0.2) is 0 Å². The minimum Gasteiger partial charge on any atom is -0.267 e. The van der Waals surface area contributed by atoms with Gasteiger partial charge in [0.2, 0.25) is 5.69 Å². The largest absolute Gasteiger partial charge is 0.319 e. The molecule has 0 aliphatic rings. The molecule has 0 atom stereocenters. The predicted molar refractivity (Wildman–Crippen MR) is 76.4 cm³/mol. The molecule has 108 valence electrons. The third-order valence-corrected chi connectivity index (χ3v) is 2.88. The molecule has 0 bridgehead atoms. The first-order chi connectivity index (χ1) is 9.99. The van der Waals surface area contributed by atoms with Gasteiger partial charge in [0, 0.05) is 5.02 Å². The zero-order valence-corrected chi connectivity index (χ0v) is 11.6. The summed E-state index contributed by atoms with van der Waals surface area (Å²) in [5.41, 5.74) is 2.86. The summed E-state index contributed by atoms with van der Waals surface area (Å²) in [6.07, 6.45) is 0.963. The van der Waals surface area contributed by atoms with E-state index in [1.165, 1.54) is 0 Å². The predicted octanol–water partition coefficient (Wildman–Crippen LogP) is 2.13. The summed E-state index contributed by atoms with van der Waals surface area (Å²) in [4.78, 5) is 21.8. The molecule has 0 radical (unpaired) electrons. The van der Waals surface area contributed by atoms with Crippen molar-refractivity contribution in [3.63, 3.8) is 0 Å². The van der Waals surface area contributed by atoms with Crippen LogP contribution in [0.25, 0.3) is 0 Å². The van der Waals surface area contributed by atoms with Gasteiger partial charge in [-0.15, -0.1) is 0 Å².